The van der Waals surface area contributed by atoms with Crippen molar-refractivity contribution in [3.63, 3.8) is 0 Å². The van der Waals surface area contributed by atoms with Crippen molar-refractivity contribution in [1.29, 1.82) is 0 Å². The van der Waals surface area contributed by atoms with Gasteiger partial charge in [-0.2, -0.15) is 0 Å². The monoisotopic (exact) mass is 260 g/mol. The van der Waals surface area contributed by atoms with Gasteiger partial charge in [0.25, 0.3) is 0 Å². The maximum absolute atomic E-state index is 14.0. The summed E-state index contributed by atoms with van der Waals surface area (Å²) >= 11 is 0. The number of hydrogen-bond acceptors (Lipinski definition) is 2. The molecule has 1 N–H and O–H groups in total. The molecule has 98 valence electrons. The lowest BCUT2D eigenvalue weighted by atomic mass is 10.0. The standard InChI is InChI=1S/C15H13FO3/c1-9(5-15(17)18)11-6-10-3-4-12(19-2)8-13(10)14(16)7-11/h3-8H,1-2H3,(H,17,18). The summed E-state index contributed by atoms with van der Waals surface area (Å²) in [7, 11) is 1.52. The predicted octanol–water partition coefficient (Wildman–Crippen LogP) is 3.48. The van der Waals surface area contributed by atoms with Gasteiger partial charge in [-0.25, -0.2) is 9.18 Å². The Morgan fingerprint density at radius 1 is 1.32 bits per heavy atom. The van der Waals surface area contributed by atoms with Crippen LogP contribution in [0.5, 0.6) is 5.75 Å². The van der Waals surface area contributed by atoms with Crippen LogP contribution in [0.15, 0.2) is 36.4 Å². The Balaban J connectivity index is 2.60. The van der Waals surface area contributed by atoms with Gasteiger partial charge in [0.2, 0.25) is 0 Å². The van der Waals surface area contributed by atoms with Gasteiger partial charge < -0.3 is 9.84 Å². The fraction of sp³-hybridized carbons (Fsp3) is 0.133. The van der Waals surface area contributed by atoms with Gasteiger partial charge in [-0.05, 0) is 47.7 Å². The van der Waals surface area contributed by atoms with Crippen LogP contribution in [-0.2, 0) is 4.79 Å². The second-order valence-corrected chi connectivity index (χ2v) is 4.21. The van der Waals surface area contributed by atoms with Crippen molar-refractivity contribution < 1.29 is 19.0 Å². The molecule has 0 aliphatic heterocycles. The van der Waals surface area contributed by atoms with Crippen molar-refractivity contribution in [2.45, 2.75) is 6.92 Å². The second kappa shape index (κ2) is 5.10. The molecule has 3 nitrogen and oxygen atoms in total. The summed E-state index contributed by atoms with van der Waals surface area (Å²) in [5.74, 6) is -0.866. The number of ether oxygens (including phenoxy) is 1. The lowest BCUT2D eigenvalue weighted by molar-refractivity contribution is -0.131. The van der Waals surface area contributed by atoms with E-state index in [9.17, 15) is 9.18 Å². The van der Waals surface area contributed by atoms with Crippen LogP contribution < -0.4 is 4.74 Å². The molecule has 2 rings (SSSR count). The van der Waals surface area contributed by atoms with E-state index >= 15 is 0 Å². The van der Waals surface area contributed by atoms with Crippen LogP contribution >= 0.6 is 0 Å². The van der Waals surface area contributed by atoms with E-state index in [1.54, 1.807) is 31.2 Å². The minimum absolute atomic E-state index is 0.399. The molecule has 4 heteroatoms. The maximum Gasteiger partial charge on any atom is 0.328 e. The second-order valence-electron chi connectivity index (χ2n) is 4.21. The Morgan fingerprint density at radius 2 is 2.05 bits per heavy atom. The molecule has 0 unspecified atom stereocenters. The molecular formula is C15H13FO3. The van der Waals surface area contributed by atoms with Gasteiger partial charge in [0.1, 0.15) is 11.6 Å². The van der Waals surface area contributed by atoms with E-state index < -0.39 is 11.8 Å². The Kier molecular flexibility index (Phi) is 3.51. The lowest BCUT2D eigenvalue weighted by Gasteiger charge is -2.07. The van der Waals surface area contributed by atoms with Crippen molar-refractivity contribution in [2.75, 3.05) is 7.11 Å². The summed E-state index contributed by atoms with van der Waals surface area (Å²) in [6, 6.07) is 8.18. The minimum atomic E-state index is -1.05. The summed E-state index contributed by atoms with van der Waals surface area (Å²) in [5.41, 5.74) is 1.06. The quantitative estimate of drug-likeness (QED) is 0.859. The molecule has 0 heterocycles. The molecule has 0 fully saturated rings. The van der Waals surface area contributed by atoms with Gasteiger partial charge in [0.05, 0.1) is 7.11 Å². The van der Waals surface area contributed by atoms with E-state index in [2.05, 4.69) is 0 Å². The van der Waals surface area contributed by atoms with Crippen molar-refractivity contribution in [3.05, 3.63) is 47.8 Å². The molecule has 0 aliphatic carbocycles. The van der Waals surface area contributed by atoms with E-state index in [1.165, 1.54) is 13.2 Å². The fourth-order valence-electron chi connectivity index (χ4n) is 1.91. The molecule has 0 radical (unpaired) electrons. The summed E-state index contributed by atoms with van der Waals surface area (Å²) < 4.78 is 19.1. The number of carboxylic acids is 1. The summed E-state index contributed by atoms with van der Waals surface area (Å²) in [4.78, 5) is 10.6. The third-order valence-electron chi connectivity index (χ3n) is 2.91. The first kappa shape index (κ1) is 13.1. The highest BCUT2D eigenvalue weighted by molar-refractivity contribution is 5.92. The fourth-order valence-corrected chi connectivity index (χ4v) is 1.91. The molecule has 19 heavy (non-hydrogen) atoms. The van der Waals surface area contributed by atoms with Crippen LogP contribution in [0.25, 0.3) is 16.3 Å². The lowest BCUT2D eigenvalue weighted by Crippen LogP contribution is -1.92. The zero-order valence-electron chi connectivity index (χ0n) is 10.6. The van der Waals surface area contributed by atoms with Crippen LogP contribution in [-0.4, -0.2) is 18.2 Å². The van der Waals surface area contributed by atoms with Crippen LogP contribution in [0.1, 0.15) is 12.5 Å². The molecule has 0 amide bonds. The first-order valence-electron chi connectivity index (χ1n) is 5.70. The van der Waals surface area contributed by atoms with Crippen LogP contribution in [0.3, 0.4) is 0 Å². The highest BCUT2D eigenvalue weighted by Gasteiger charge is 2.07. The Morgan fingerprint density at radius 3 is 2.68 bits per heavy atom. The van der Waals surface area contributed by atoms with E-state index in [0.717, 1.165) is 6.08 Å². The van der Waals surface area contributed by atoms with E-state index in [-0.39, 0.29) is 0 Å². The smallest absolute Gasteiger partial charge is 0.328 e. The third-order valence-corrected chi connectivity index (χ3v) is 2.91. The first-order valence-corrected chi connectivity index (χ1v) is 5.70. The largest absolute Gasteiger partial charge is 0.497 e. The SMILES string of the molecule is COc1ccc2cc(C(C)=CC(=O)O)cc(F)c2c1. The molecule has 0 aliphatic rings. The van der Waals surface area contributed by atoms with Crippen molar-refractivity contribution in [3.8, 4) is 5.75 Å². The summed E-state index contributed by atoms with van der Waals surface area (Å²) in [6.45, 7) is 1.64. The van der Waals surface area contributed by atoms with E-state index in [4.69, 9.17) is 9.84 Å². The van der Waals surface area contributed by atoms with E-state index in [0.29, 0.717) is 27.7 Å². The highest BCUT2D eigenvalue weighted by Crippen LogP contribution is 2.27. The Bertz CT molecular complexity index is 674. The van der Waals surface area contributed by atoms with Gasteiger partial charge in [0, 0.05) is 11.5 Å². The average Bonchev–Trinajstić information content (AvgIpc) is 2.37. The van der Waals surface area contributed by atoms with Crippen molar-refractivity contribution in [1.82, 2.24) is 0 Å². The van der Waals surface area contributed by atoms with Crippen molar-refractivity contribution >= 4 is 22.3 Å². The highest BCUT2D eigenvalue weighted by atomic mass is 19.1. The van der Waals surface area contributed by atoms with Crippen LogP contribution in [0.2, 0.25) is 0 Å². The molecule has 2 aromatic carbocycles. The normalized spacial score (nSPS) is 11.6. The van der Waals surface area contributed by atoms with Crippen LogP contribution in [0, 0.1) is 5.82 Å². The van der Waals surface area contributed by atoms with E-state index in [1.807, 2.05) is 0 Å². The number of benzene rings is 2. The van der Waals surface area contributed by atoms with Gasteiger partial charge in [-0.3, -0.25) is 0 Å². The summed E-state index contributed by atoms with van der Waals surface area (Å²) in [6.07, 6.45) is 1.06. The van der Waals surface area contributed by atoms with Crippen molar-refractivity contribution in [2.24, 2.45) is 0 Å². The minimum Gasteiger partial charge on any atom is -0.497 e. The average molecular weight is 260 g/mol. The number of methoxy groups -OCH3 is 1. The number of allylic oxidation sites excluding steroid dienone is 1. The van der Waals surface area contributed by atoms with Gasteiger partial charge >= 0.3 is 5.97 Å². The molecule has 2 aromatic rings. The third kappa shape index (κ3) is 2.73. The van der Waals surface area contributed by atoms with Gasteiger partial charge in [-0.1, -0.05) is 6.07 Å². The van der Waals surface area contributed by atoms with Gasteiger partial charge in [-0.15, -0.1) is 0 Å². The first-order chi connectivity index (χ1) is 9.01. The number of halogens is 1. The number of aliphatic carboxylic acids is 1. The zero-order valence-corrected chi connectivity index (χ0v) is 10.6. The van der Waals surface area contributed by atoms with Crippen LogP contribution in [0.4, 0.5) is 4.39 Å². The molecule has 0 saturated heterocycles. The number of carbonyl (C=O) groups is 1. The topological polar surface area (TPSA) is 46.5 Å². The maximum atomic E-state index is 14.0. The number of rotatable bonds is 3. The Hall–Kier alpha value is -2.36. The molecule has 0 spiro atoms. The predicted molar refractivity (Wildman–Crippen MR) is 71.7 cm³/mol. The number of fused-ring (bicyclic) bond motifs is 1. The number of hydrogen-bond donors (Lipinski definition) is 1. The molecule has 0 aromatic heterocycles. The molecular weight excluding hydrogens is 247 g/mol. The molecule has 0 saturated carbocycles. The molecule has 0 bridgehead atoms. The summed E-state index contributed by atoms with van der Waals surface area (Å²) in [5, 5.41) is 9.86. The Labute approximate surface area is 109 Å². The molecule has 0 atom stereocenters. The number of carboxylic acid groups (broad SMARTS) is 1. The van der Waals surface area contributed by atoms with Gasteiger partial charge in [0.15, 0.2) is 0 Å². The zero-order chi connectivity index (χ0) is 14.0.